The molecule has 0 aliphatic heterocycles. The molecule has 0 bridgehead atoms. The van der Waals surface area contributed by atoms with E-state index in [1.807, 2.05) is 6.92 Å². The Morgan fingerprint density at radius 2 is 1.96 bits per heavy atom. The van der Waals surface area contributed by atoms with Crippen LogP contribution in [0.4, 0.5) is 0 Å². The van der Waals surface area contributed by atoms with Crippen LogP contribution in [0.5, 0.6) is 5.75 Å². The smallest absolute Gasteiger partial charge is 0.340 e. The van der Waals surface area contributed by atoms with Crippen molar-refractivity contribution in [2.75, 3.05) is 11.5 Å². The van der Waals surface area contributed by atoms with Crippen LogP contribution < -0.4 is 10.9 Å². The number of phenols is 1. The minimum atomic E-state index is -1.10. The molecule has 8 heteroatoms. The highest BCUT2D eigenvalue weighted by Crippen LogP contribution is 2.28. The molecule has 0 radical (unpaired) electrons. The molecule has 2 aromatic rings. The molecule has 0 spiro atoms. The predicted octanol–water partition coefficient (Wildman–Crippen LogP) is 2.37. The first-order chi connectivity index (χ1) is 12.8. The van der Waals surface area contributed by atoms with Gasteiger partial charge in [-0.3, -0.25) is 4.79 Å². The standard InChI is InChI=1S/C19H23NO6S/c1-4-27-8-7-14(18(23)24)20-16(22)9-13-10(2)12-5-6-15(21)11(3)17(12)26-19(13)25/h5-6,14,21H,4,7-9H2,1-3H3,(H,20,22)(H,23,24)/t14-/m0/s1. The molecule has 1 aromatic carbocycles. The van der Waals surface area contributed by atoms with Crippen molar-refractivity contribution in [2.45, 2.75) is 39.7 Å². The zero-order valence-electron chi connectivity index (χ0n) is 15.5. The lowest BCUT2D eigenvalue weighted by Crippen LogP contribution is -2.42. The number of aliphatic carboxylic acids is 1. The van der Waals surface area contributed by atoms with Gasteiger partial charge in [-0.15, -0.1) is 0 Å². The van der Waals surface area contributed by atoms with Crippen molar-refractivity contribution < 1.29 is 24.2 Å². The third-order valence-electron chi connectivity index (χ3n) is 4.40. The Kier molecular flexibility index (Phi) is 6.90. The highest BCUT2D eigenvalue weighted by molar-refractivity contribution is 7.99. The molecule has 0 saturated carbocycles. The Morgan fingerprint density at radius 1 is 1.26 bits per heavy atom. The Hall–Kier alpha value is -2.48. The lowest BCUT2D eigenvalue weighted by Gasteiger charge is -2.15. The number of thioether (sulfide) groups is 1. The molecule has 1 atom stereocenters. The highest BCUT2D eigenvalue weighted by Gasteiger charge is 2.22. The molecule has 146 valence electrons. The van der Waals surface area contributed by atoms with E-state index < -0.39 is 23.5 Å². The number of amides is 1. The molecule has 3 N–H and O–H groups in total. The maximum Gasteiger partial charge on any atom is 0.340 e. The zero-order valence-corrected chi connectivity index (χ0v) is 16.3. The fourth-order valence-electron chi connectivity index (χ4n) is 2.79. The van der Waals surface area contributed by atoms with Gasteiger partial charge in [-0.25, -0.2) is 9.59 Å². The molecular formula is C19H23NO6S. The quantitative estimate of drug-likeness (QED) is 0.465. The van der Waals surface area contributed by atoms with Crippen molar-refractivity contribution in [3.8, 4) is 5.75 Å². The van der Waals surface area contributed by atoms with E-state index in [4.69, 9.17) is 4.42 Å². The van der Waals surface area contributed by atoms with Crippen LogP contribution >= 0.6 is 11.8 Å². The van der Waals surface area contributed by atoms with Gasteiger partial charge in [0.15, 0.2) is 0 Å². The summed E-state index contributed by atoms with van der Waals surface area (Å²) in [5.74, 6) is -0.146. The molecule has 1 heterocycles. The third kappa shape index (κ3) is 4.82. The van der Waals surface area contributed by atoms with E-state index >= 15 is 0 Å². The number of nitrogens with one attached hydrogen (secondary N) is 1. The van der Waals surface area contributed by atoms with E-state index in [0.29, 0.717) is 28.7 Å². The maximum absolute atomic E-state index is 12.3. The molecular weight excluding hydrogens is 370 g/mol. The van der Waals surface area contributed by atoms with Gasteiger partial charge in [0.1, 0.15) is 17.4 Å². The summed E-state index contributed by atoms with van der Waals surface area (Å²) in [5, 5.41) is 22.1. The summed E-state index contributed by atoms with van der Waals surface area (Å²) in [4.78, 5) is 36.0. The summed E-state index contributed by atoms with van der Waals surface area (Å²) in [5.41, 5.74) is 0.812. The molecule has 2 rings (SSSR count). The van der Waals surface area contributed by atoms with Gasteiger partial charge in [0.05, 0.1) is 12.0 Å². The Morgan fingerprint density at radius 3 is 2.59 bits per heavy atom. The van der Waals surface area contributed by atoms with Crippen LogP contribution in [0.3, 0.4) is 0 Å². The number of hydrogen-bond acceptors (Lipinski definition) is 6. The molecule has 7 nitrogen and oxygen atoms in total. The lowest BCUT2D eigenvalue weighted by atomic mass is 10.0. The number of fused-ring (bicyclic) bond motifs is 1. The van der Waals surface area contributed by atoms with Gasteiger partial charge in [0, 0.05) is 10.9 Å². The molecule has 0 fully saturated rings. The SMILES string of the molecule is CCSCC[C@H](NC(=O)Cc1c(C)c2ccc(O)c(C)c2oc1=O)C(=O)O. The largest absolute Gasteiger partial charge is 0.508 e. The van der Waals surface area contributed by atoms with Gasteiger partial charge in [-0.05, 0) is 49.5 Å². The van der Waals surface area contributed by atoms with Crippen LogP contribution in [0.1, 0.15) is 30.0 Å². The van der Waals surface area contributed by atoms with E-state index in [9.17, 15) is 24.6 Å². The summed E-state index contributed by atoms with van der Waals surface area (Å²) in [6, 6.07) is 2.13. The predicted molar refractivity (Wildman–Crippen MR) is 105 cm³/mol. The van der Waals surface area contributed by atoms with Gasteiger partial charge in [0.2, 0.25) is 5.91 Å². The van der Waals surface area contributed by atoms with Crippen LogP contribution in [0.2, 0.25) is 0 Å². The van der Waals surface area contributed by atoms with Crippen molar-refractivity contribution in [3.05, 3.63) is 39.2 Å². The molecule has 1 amide bonds. The van der Waals surface area contributed by atoms with Crippen LogP contribution in [0.15, 0.2) is 21.3 Å². The van der Waals surface area contributed by atoms with Gasteiger partial charge >= 0.3 is 11.6 Å². The Bertz CT molecular complexity index is 921. The van der Waals surface area contributed by atoms with Gasteiger partial charge in [-0.1, -0.05) is 6.92 Å². The minimum absolute atomic E-state index is 0.0183. The number of aryl methyl sites for hydroxylation is 2. The summed E-state index contributed by atoms with van der Waals surface area (Å²) in [6.07, 6.45) is 0.0398. The number of benzene rings is 1. The number of carbonyl (C=O) groups excluding carboxylic acids is 1. The van der Waals surface area contributed by atoms with Gasteiger partial charge < -0.3 is 19.9 Å². The normalized spacial score (nSPS) is 12.1. The summed E-state index contributed by atoms with van der Waals surface area (Å²) >= 11 is 1.59. The van der Waals surface area contributed by atoms with E-state index in [2.05, 4.69) is 5.32 Å². The maximum atomic E-state index is 12.3. The fraction of sp³-hybridized carbons (Fsp3) is 0.421. The number of rotatable bonds is 8. The molecule has 0 unspecified atom stereocenters. The Balaban J connectivity index is 2.24. The first-order valence-corrected chi connectivity index (χ1v) is 9.76. The minimum Gasteiger partial charge on any atom is -0.508 e. The number of aromatic hydroxyl groups is 1. The lowest BCUT2D eigenvalue weighted by molar-refractivity contribution is -0.141. The van der Waals surface area contributed by atoms with Crippen molar-refractivity contribution in [2.24, 2.45) is 0 Å². The zero-order chi connectivity index (χ0) is 20.1. The molecule has 0 aliphatic rings. The summed E-state index contributed by atoms with van der Waals surface area (Å²) in [7, 11) is 0. The molecule has 27 heavy (non-hydrogen) atoms. The number of phenolic OH excluding ortho intramolecular Hbond substituents is 1. The second-order valence-electron chi connectivity index (χ2n) is 6.20. The van der Waals surface area contributed by atoms with Crippen molar-refractivity contribution in [3.63, 3.8) is 0 Å². The number of carboxylic acid groups (broad SMARTS) is 1. The van der Waals surface area contributed by atoms with Crippen LogP contribution in [-0.4, -0.2) is 39.6 Å². The van der Waals surface area contributed by atoms with Crippen molar-refractivity contribution in [1.29, 1.82) is 0 Å². The third-order valence-corrected chi connectivity index (χ3v) is 5.33. The van der Waals surface area contributed by atoms with Crippen LogP contribution in [0, 0.1) is 13.8 Å². The first kappa shape index (κ1) is 20.8. The average molecular weight is 393 g/mol. The molecule has 0 aliphatic carbocycles. The Labute approximate surface area is 160 Å². The topological polar surface area (TPSA) is 117 Å². The second kappa shape index (κ2) is 8.94. The average Bonchev–Trinajstić information content (AvgIpc) is 2.61. The van der Waals surface area contributed by atoms with Gasteiger partial charge in [-0.2, -0.15) is 11.8 Å². The molecule has 1 aromatic heterocycles. The van der Waals surface area contributed by atoms with E-state index in [1.54, 1.807) is 31.7 Å². The van der Waals surface area contributed by atoms with Crippen molar-refractivity contribution in [1.82, 2.24) is 5.32 Å². The fourth-order valence-corrected chi connectivity index (χ4v) is 3.48. The highest BCUT2D eigenvalue weighted by atomic mass is 32.2. The second-order valence-corrected chi connectivity index (χ2v) is 7.59. The van der Waals surface area contributed by atoms with Crippen LogP contribution in [-0.2, 0) is 16.0 Å². The first-order valence-electron chi connectivity index (χ1n) is 8.61. The number of carbonyl (C=O) groups is 2. The van der Waals surface area contributed by atoms with Crippen molar-refractivity contribution >= 4 is 34.6 Å². The van der Waals surface area contributed by atoms with Gasteiger partial charge in [0.25, 0.3) is 0 Å². The summed E-state index contributed by atoms with van der Waals surface area (Å²) < 4.78 is 5.30. The van der Waals surface area contributed by atoms with E-state index in [0.717, 1.165) is 5.75 Å². The number of hydrogen-bond donors (Lipinski definition) is 3. The summed E-state index contributed by atoms with van der Waals surface area (Å²) in [6.45, 7) is 5.31. The molecule has 0 saturated heterocycles. The van der Waals surface area contributed by atoms with E-state index in [-0.39, 0.29) is 23.3 Å². The van der Waals surface area contributed by atoms with Crippen LogP contribution in [0.25, 0.3) is 11.0 Å². The van der Waals surface area contributed by atoms with E-state index in [1.165, 1.54) is 6.07 Å². The number of carboxylic acids is 1. The monoisotopic (exact) mass is 393 g/mol.